The molecule has 0 aromatic heterocycles. The van der Waals surface area contributed by atoms with Gasteiger partial charge in [-0.2, -0.15) is 0 Å². The fourth-order valence-corrected chi connectivity index (χ4v) is 3.65. The zero-order chi connectivity index (χ0) is 18.6. The molecule has 132 valence electrons. The van der Waals surface area contributed by atoms with Crippen molar-refractivity contribution in [3.63, 3.8) is 0 Å². The quantitative estimate of drug-likeness (QED) is 0.590. The summed E-state index contributed by atoms with van der Waals surface area (Å²) in [6.45, 7) is 7.39. The van der Waals surface area contributed by atoms with Crippen LogP contribution >= 0.6 is 35.0 Å². The minimum absolute atomic E-state index is 0.0129. The summed E-state index contributed by atoms with van der Waals surface area (Å²) in [6, 6.07) is 11.3. The molecule has 0 radical (unpaired) electrons. The Morgan fingerprint density at radius 3 is 2.40 bits per heavy atom. The highest BCUT2D eigenvalue weighted by molar-refractivity contribution is 8.05. The number of carbonyl (C=O) groups excluding carboxylic acids is 1. The minimum Gasteiger partial charge on any atom is -0.351 e. The van der Waals surface area contributed by atoms with Crippen molar-refractivity contribution in [1.82, 2.24) is 0 Å². The van der Waals surface area contributed by atoms with E-state index in [1.165, 1.54) is 23.9 Å². The van der Waals surface area contributed by atoms with Gasteiger partial charge in [-0.3, -0.25) is 4.79 Å². The van der Waals surface area contributed by atoms with Crippen LogP contribution in [0.3, 0.4) is 0 Å². The second kappa shape index (κ2) is 8.26. The van der Waals surface area contributed by atoms with Gasteiger partial charge in [0.05, 0.1) is 19.8 Å². The second-order valence-corrected chi connectivity index (χ2v) is 8.28. The van der Waals surface area contributed by atoms with Crippen LogP contribution in [0.4, 0.5) is 10.1 Å². The Labute approximate surface area is 161 Å². The van der Waals surface area contributed by atoms with Crippen molar-refractivity contribution in [2.24, 2.45) is 0 Å². The summed E-state index contributed by atoms with van der Waals surface area (Å²) in [4.78, 5) is 12.2. The van der Waals surface area contributed by atoms with Crippen LogP contribution in [0.2, 0.25) is 10.0 Å². The third-order valence-corrected chi connectivity index (χ3v) is 5.72. The maximum Gasteiger partial charge on any atom is 0.146 e. The molecule has 2 nitrogen and oxygen atoms in total. The zero-order valence-electron chi connectivity index (χ0n) is 13.9. The standard InChI is InChI=1S/C19H18Cl2FNOS/c1-12(24)19(3,11-14-4-6-15(22)7-5-14)25-13(2)23-16-8-9-17(20)18(21)10-16/h4-10,23H,2,11H2,1,3H3. The van der Waals surface area contributed by atoms with Gasteiger partial charge < -0.3 is 5.32 Å². The SMILES string of the molecule is C=C(Nc1ccc(Cl)c(Cl)c1)SC(C)(Cc1ccc(F)cc1)C(C)=O. The van der Waals surface area contributed by atoms with E-state index in [-0.39, 0.29) is 11.6 Å². The Morgan fingerprint density at radius 1 is 1.20 bits per heavy atom. The molecule has 0 heterocycles. The Morgan fingerprint density at radius 2 is 1.84 bits per heavy atom. The van der Waals surface area contributed by atoms with Crippen molar-refractivity contribution >= 4 is 46.4 Å². The summed E-state index contributed by atoms with van der Waals surface area (Å²) < 4.78 is 12.4. The number of anilines is 1. The summed E-state index contributed by atoms with van der Waals surface area (Å²) in [5.74, 6) is -0.287. The van der Waals surface area contributed by atoms with E-state index >= 15 is 0 Å². The van der Waals surface area contributed by atoms with Gasteiger partial charge in [-0.1, -0.05) is 53.7 Å². The lowest BCUT2D eigenvalue weighted by molar-refractivity contribution is -0.118. The van der Waals surface area contributed by atoms with Crippen molar-refractivity contribution in [2.45, 2.75) is 25.0 Å². The van der Waals surface area contributed by atoms with Gasteiger partial charge in [0.2, 0.25) is 0 Å². The highest BCUT2D eigenvalue weighted by Crippen LogP contribution is 2.36. The third-order valence-electron chi connectivity index (χ3n) is 3.75. The van der Waals surface area contributed by atoms with E-state index in [9.17, 15) is 9.18 Å². The fraction of sp³-hybridized carbons (Fsp3) is 0.211. The molecule has 0 aliphatic heterocycles. The van der Waals surface area contributed by atoms with Crippen molar-refractivity contribution in [3.05, 3.63) is 75.5 Å². The van der Waals surface area contributed by atoms with Crippen LogP contribution in [0.15, 0.2) is 54.1 Å². The van der Waals surface area contributed by atoms with Crippen LogP contribution in [0.1, 0.15) is 19.4 Å². The second-order valence-electron chi connectivity index (χ2n) is 5.87. The molecule has 1 N–H and O–H groups in total. The molecule has 6 heteroatoms. The lowest BCUT2D eigenvalue weighted by Gasteiger charge is -2.27. The number of ketones is 1. The normalized spacial score (nSPS) is 13.2. The van der Waals surface area contributed by atoms with Gasteiger partial charge in [0, 0.05) is 5.69 Å². The average molecular weight is 398 g/mol. The van der Waals surface area contributed by atoms with E-state index in [1.54, 1.807) is 37.3 Å². The molecule has 0 saturated carbocycles. The Kier molecular flexibility index (Phi) is 6.55. The number of hydrogen-bond donors (Lipinski definition) is 1. The lowest BCUT2D eigenvalue weighted by Crippen LogP contribution is -2.32. The molecule has 1 atom stereocenters. The van der Waals surface area contributed by atoms with Gasteiger partial charge in [-0.25, -0.2) is 4.39 Å². The van der Waals surface area contributed by atoms with Gasteiger partial charge in [0.1, 0.15) is 11.6 Å². The topological polar surface area (TPSA) is 29.1 Å². The fourth-order valence-electron chi connectivity index (χ4n) is 2.26. The number of halogens is 3. The first-order chi connectivity index (χ1) is 11.7. The molecule has 0 aliphatic rings. The van der Waals surface area contributed by atoms with E-state index in [0.29, 0.717) is 21.5 Å². The number of carbonyl (C=O) groups is 1. The number of nitrogens with one attached hydrogen (secondary N) is 1. The molecular weight excluding hydrogens is 380 g/mol. The van der Waals surface area contributed by atoms with Gasteiger partial charge in [0.15, 0.2) is 0 Å². The van der Waals surface area contributed by atoms with Crippen molar-refractivity contribution in [2.75, 3.05) is 5.32 Å². The van der Waals surface area contributed by atoms with Crippen LogP contribution in [0.5, 0.6) is 0 Å². The van der Waals surface area contributed by atoms with Gasteiger partial charge in [-0.15, -0.1) is 0 Å². The van der Waals surface area contributed by atoms with Crippen molar-refractivity contribution in [1.29, 1.82) is 0 Å². The van der Waals surface area contributed by atoms with Crippen LogP contribution in [0, 0.1) is 5.82 Å². The molecular formula is C19H18Cl2FNOS. The predicted octanol–water partition coefficient (Wildman–Crippen LogP) is 6.34. The zero-order valence-corrected chi connectivity index (χ0v) is 16.2. The van der Waals surface area contributed by atoms with E-state index < -0.39 is 4.75 Å². The first kappa shape index (κ1) is 19.8. The Bertz CT molecular complexity index is 795. The monoisotopic (exact) mass is 397 g/mol. The summed E-state index contributed by atoms with van der Waals surface area (Å²) in [6.07, 6.45) is 0.468. The lowest BCUT2D eigenvalue weighted by atomic mass is 9.97. The molecule has 2 rings (SSSR count). The Balaban J connectivity index is 2.11. The molecule has 0 aliphatic carbocycles. The van der Waals surface area contributed by atoms with E-state index in [4.69, 9.17) is 23.2 Å². The number of hydrogen-bond acceptors (Lipinski definition) is 3. The van der Waals surface area contributed by atoms with Gasteiger partial charge >= 0.3 is 0 Å². The third kappa shape index (κ3) is 5.50. The number of rotatable bonds is 7. The first-order valence-corrected chi connectivity index (χ1v) is 9.12. The number of benzene rings is 2. The highest BCUT2D eigenvalue weighted by Gasteiger charge is 2.32. The van der Waals surface area contributed by atoms with E-state index in [0.717, 1.165) is 11.3 Å². The molecule has 2 aromatic carbocycles. The predicted molar refractivity (Wildman–Crippen MR) is 106 cm³/mol. The van der Waals surface area contributed by atoms with Crippen LogP contribution in [-0.4, -0.2) is 10.5 Å². The molecule has 0 saturated heterocycles. The number of Topliss-reactive ketones (excluding diaryl/α,β-unsaturated/α-hetero) is 1. The average Bonchev–Trinajstić information content (AvgIpc) is 2.53. The molecule has 1 unspecified atom stereocenters. The summed E-state index contributed by atoms with van der Waals surface area (Å²) in [5, 5.41) is 4.64. The smallest absolute Gasteiger partial charge is 0.146 e. The molecule has 2 aromatic rings. The van der Waals surface area contributed by atoms with Crippen LogP contribution in [0.25, 0.3) is 0 Å². The van der Waals surface area contributed by atoms with E-state index in [1.807, 2.05) is 6.92 Å². The van der Waals surface area contributed by atoms with E-state index in [2.05, 4.69) is 11.9 Å². The first-order valence-electron chi connectivity index (χ1n) is 7.55. The molecule has 25 heavy (non-hydrogen) atoms. The van der Waals surface area contributed by atoms with Gasteiger partial charge in [-0.05, 0) is 56.2 Å². The molecule has 0 fully saturated rings. The molecule has 0 bridgehead atoms. The summed E-state index contributed by atoms with van der Waals surface area (Å²) >= 11 is 13.2. The molecule has 0 amide bonds. The maximum atomic E-state index is 13.1. The van der Waals surface area contributed by atoms with Crippen LogP contribution < -0.4 is 5.32 Å². The van der Waals surface area contributed by atoms with Crippen LogP contribution in [-0.2, 0) is 11.2 Å². The summed E-state index contributed by atoms with van der Waals surface area (Å²) in [7, 11) is 0. The minimum atomic E-state index is -0.724. The largest absolute Gasteiger partial charge is 0.351 e. The Hall–Kier alpha value is -1.49. The van der Waals surface area contributed by atoms with Gasteiger partial charge in [0.25, 0.3) is 0 Å². The van der Waals surface area contributed by atoms with Crippen molar-refractivity contribution in [3.8, 4) is 0 Å². The molecule has 0 spiro atoms. The summed E-state index contributed by atoms with van der Waals surface area (Å²) in [5.41, 5.74) is 1.62. The number of thioether (sulfide) groups is 1. The highest BCUT2D eigenvalue weighted by atomic mass is 35.5. The van der Waals surface area contributed by atoms with Crippen molar-refractivity contribution < 1.29 is 9.18 Å². The maximum absolute atomic E-state index is 13.1.